The van der Waals surface area contributed by atoms with Crippen LogP contribution in [0.5, 0.6) is 0 Å². The summed E-state index contributed by atoms with van der Waals surface area (Å²) < 4.78 is 2.14. The van der Waals surface area contributed by atoms with E-state index in [9.17, 15) is 19.2 Å². The van der Waals surface area contributed by atoms with Crippen LogP contribution in [0.3, 0.4) is 0 Å². The molecule has 1 heterocycles. The third kappa shape index (κ3) is 13.9. The lowest BCUT2D eigenvalue weighted by Gasteiger charge is -2.27. The van der Waals surface area contributed by atoms with Crippen LogP contribution in [0.15, 0.2) is 36.5 Å². The predicted octanol–water partition coefficient (Wildman–Crippen LogP) is -0.434. The Morgan fingerprint density at radius 1 is 0.872 bits per heavy atom. The van der Waals surface area contributed by atoms with Crippen LogP contribution < -0.4 is 43.8 Å². The number of hydrogen-bond acceptors (Lipinski definition) is 8. The molecule has 260 valence electrons. The summed E-state index contributed by atoms with van der Waals surface area (Å²) in [6.45, 7) is 4.62. The summed E-state index contributed by atoms with van der Waals surface area (Å²) in [7, 11) is 1.75. The number of nitrogens with zero attached hydrogens (tertiary/aromatic N) is 1. The summed E-state index contributed by atoms with van der Waals surface area (Å²) in [5.74, 6) is -2.43. The molecule has 4 amide bonds. The van der Waals surface area contributed by atoms with E-state index in [1.54, 1.807) is 17.8 Å². The van der Waals surface area contributed by atoms with Gasteiger partial charge in [0.15, 0.2) is 10.7 Å². The van der Waals surface area contributed by atoms with Gasteiger partial charge in [0.2, 0.25) is 23.6 Å². The van der Waals surface area contributed by atoms with Crippen molar-refractivity contribution >= 4 is 41.8 Å². The summed E-state index contributed by atoms with van der Waals surface area (Å²) in [6.07, 6.45) is 4.28. The third-order valence-corrected chi connectivity index (χ3v) is 7.89. The van der Waals surface area contributed by atoms with Crippen molar-refractivity contribution < 1.29 is 19.2 Å². The zero-order chi connectivity index (χ0) is 34.9. The van der Waals surface area contributed by atoms with Crippen LogP contribution in [0.2, 0.25) is 0 Å². The first kappa shape index (κ1) is 38.9. The van der Waals surface area contributed by atoms with Crippen LogP contribution in [-0.2, 0) is 39.1 Å². The van der Waals surface area contributed by atoms with Crippen molar-refractivity contribution in [3.8, 4) is 0 Å². The quantitative estimate of drug-likeness (QED) is 0.0357. The smallest absolute Gasteiger partial charge is 0.243 e. The zero-order valence-electron chi connectivity index (χ0n) is 27.4. The molecular formula is C31H51N11O4S. The van der Waals surface area contributed by atoms with Gasteiger partial charge in [-0.05, 0) is 56.4 Å². The Bertz CT molecular complexity index is 1380. The van der Waals surface area contributed by atoms with E-state index in [0.29, 0.717) is 49.2 Å². The first-order chi connectivity index (χ1) is 22.3. The van der Waals surface area contributed by atoms with Crippen molar-refractivity contribution in [1.29, 1.82) is 5.41 Å². The Morgan fingerprint density at radius 2 is 1.47 bits per heavy atom. The monoisotopic (exact) mass is 673 g/mol. The van der Waals surface area contributed by atoms with Gasteiger partial charge in [-0.3, -0.25) is 24.6 Å². The van der Waals surface area contributed by atoms with Gasteiger partial charge < -0.3 is 53.3 Å². The molecule has 0 radical (unpaired) electrons. The van der Waals surface area contributed by atoms with Crippen molar-refractivity contribution in [2.75, 3.05) is 13.1 Å². The molecule has 0 fully saturated rings. The van der Waals surface area contributed by atoms with Crippen LogP contribution in [0, 0.1) is 10.2 Å². The predicted molar refractivity (Wildman–Crippen MR) is 184 cm³/mol. The minimum absolute atomic E-state index is 0.0336. The topological polar surface area (TPSA) is 251 Å². The molecule has 13 N–H and O–H groups in total. The largest absolute Gasteiger partial charge is 0.370 e. The Balaban J connectivity index is 2.30. The van der Waals surface area contributed by atoms with Gasteiger partial charge in [0.25, 0.3) is 0 Å². The number of hydrogen-bond donors (Lipinski definition) is 10. The van der Waals surface area contributed by atoms with E-state index < -0.39 is 47.8 Å². The first-order valence-electron chi connectivity index (χ1n) is 15.8. The van der Waals surface area contributed by atoms with Gasteiger partial charge >= 0.3 is 0 Å². The minimum Gasteiger partial charge on any atom is -0.370 e. The molecule has 0 aliphatic carbocycles. The maximum atomic E-state index is 13.9. The molecule has 15 nitrogen and oxygen atoms in total. The Kier molecular flexibility index (Phi) is 16.6. The number of guanidine groups is 1. The van der Waals surface area contributed by atoms with E-state index in [0.717, 1.165) is 5.56 Å². The molecule has 1 aromatic carbocycles. The molecule has 4 atom stereocenters. The van der Waals surface area contributed by atoms with Crippen LogP contribution >= 0.6 is 12.2 Å². The van der Waals surface area contributed by atoms with Gasteiger partial charge in [-0.25, -0.2) is 0 Å². The van der Waals surface area contributed by atoms with Gasteiger partial charge in [0.05, 0.1) is 6.04 Å². The van der Waals surface area contributed by atoms with E-state index >= 15 is 0 Å². The SMILES string of the molecule is CC(C)NC(CCCNC(=N)N)C(=O)NC(Cc1c[nH]c(=S)n1C)C(=O)NC(CCCCN)C(=O)NC(Cc1ccccc1)C(N)=O. The van der Waals surface area contributed by atoms with E-state index in [1.165, 1.54) is 0 Å². The fourth-order valence-corrected chi connectivity index (χ4v) is 5.13. The normalized spacial score (nSPS) is 13.6. The number of unbranched alkanes of at least 4 members (excludes halogenated alkanes) is 1. The number of nitrogens with two attached hydrogens (primary N) is 3. The van der Waals surface area contributed by atoms with Gasteiger partial charge in [-0.15, -0.1) is 0 Å². The molecule has 2 rings (SSSR count). The summed E-state index contributed by atoms with van der Waals surface area (Å²) in [6, 6.07) is 5.36. The Morgan fingerprint density at radius 3 is 2.04 bits per heavy atom. The molecule has 0 saturated heterocycles. The third-order valence-electron chi connectivity index (χ3n) is 7.50. The number of primary amides is 1. The van der Waals surface area contributed by atoms with Crippen molar-refractivity contribution in [3.05, 3.63) is 52.6 Å². The molecule has 4 unspecified atom stereocenters. The number of rotatable bonds is 21. The van der Waals surface area contributed by atoms with Gasteiger partial charge in [0.1, 0.15) is 18.1 Å². The van der Waals surface area contributed by atoms with Gasteiger partial charge in [0, 0.05) is 44.4 Å². The van der Waals surface area contributed by atoms with Crippen molar-refractivity contribution in [2.24, 2.45) is 24.2 Å². The number of aromatic nitrogens is 2. The molecule has 0 aliphatic rings. The molecular weight excluding hydrogens is 622 g/mol. The summed E-state index contributed by atoms with van der Waals surface area (Å²) in [5.41, 5.74) is 18.2. The second-order valence-corrected chi connectivity index (χ2v) is 12.2. The van der Waals surface area contributed by atoms with Crippen molar-refractivity contribution in [2.45, 2.75) is 89.0 Å². The first-order valence-corrected chi connectivity index (χ1v) is 16.2. The van der Waals surface area contributed by atoms with E-state index in [-0.39, 0.29) is 31.3 Å². The highest BCUT2D eigenvalue weighted by molar-refractivity contribution is 7.71. The van der Waals surface area contributed by atoms with Crippen LogP contribution in [0.1, 0.15) is 57.2 Å². The molecule has 16 heteroatoms. The summed E-state index contributed by atoms with van der Waals surface area (Å²) in [5, 5.41) is 21.7. The molecule has 0 spiro atoms. The Hall–Kier alpha value is -4.28. The standard InChI is InChI=1S/C31H51N11O4S/c1-19(2)38-22(13-9-15-36-30(34)35)27(44)41-25(17-21-18-37-31(47)42(21)3)29(46)39-23(12-7-8-14-32)28(45)40-24(26(33)43)16-20-10-5-4-6-11-20/h4-6,10-11,18-19,22-25,38H,7-9,12-17,32H2,1-3H3,(H2,33,43)(H,37,47)(H,39,46)(H,40,45)(H,41,44)(H4,34,35,36). The van der Waals surface area contributed by atoms with Gasteiger partial charge in [-0.1, -0.05) is 44.2 Å². The second-order valence-electron chi connectivity index (χ2n) is 11.8. The van der Waals surface area contributed by atoms with Crippen LogP contribution in [0.25, 0.3) is 0 Å². The lowest BCUT2D eigenvalue weighted by atomic mass is 10.0. The van der Waals surface area contributed by atoms with Crippen LogP contribution in [0.4, 0.5) is 0 Å². The maximum Gasteiger partial charge on any atom is 0.243 e. The number of carbonyl (C=O) groups is 4. The fraction of sp³-hybridized carbons (Fsp3) is 0.548. The second kappa shape index (κ2) is 20.1. The number of H-pyrrole nitrogens is 1. The minimum atomic E-state index is -1.08. The number of benzene rings is 1. The van der Waals surface area contributed by atoms with E-state index in [2.05, 4.69) is 31.6 Å². The Labute approximate surface area is 281 Å². The number of nitrogens with one attached hydrogen (secondary N) is 7. The van der Waals surface area contributed by atoms with Crippen LogP contribution in [-0.4, -0.2) is 82.4 Å². The highest BCUT2D eigenvalue weighted by atomic mass is 32.1. The summed E-state index contributed by atoms with van der Waals surface area (Å²) >= 11 is 5.30. The number of imidazole rings is 1. The fourth-order valence-electron chi connectivity index (χ4n) is 4.96. The van der Waals surface area contributed by atoms with Gasteiger partial charge in [-0.2, -0.15) is 0 Å². The average molecular weight is 674 g/mol. The van der Waals surface area contributed by atoms with E-state index in [4.69, 9.17) is 34.8 Å². The highest BCUT2D eigenvalue weighted by Gasteiger charge is 2.31. The molecule has 1 aromatic heterocycles. The molecule has 0 bridgehead atoms. The highest BCUT2D eigenvalue weighted by Crippen LogP contribution is 2.10. The summed E-state index contributed by atoms with van der Waals surface area (Å²) in [4.78, 5) is 56.3. The zero-order valence-corrected chi connectivity index (χ0v) is 28.3. The lowest BCUT2D eigenvalue weighted by Crippen LogP contribution is -2.58. The maximum absolute atomic E-state index is 13.9. The number of amides is 4. The number of carbonyl (C=O) groups excluding carboxylic acids is 4. The lowest BCUT2D eigenvalue weighted by molar-refractivity contribution is -0.133. The molecule has 0 aliphatic heterocycles. The number of aromatic amines is 1. The molecule has 2 aromatic rings. The van der Waals surface area contributed by atoms with Crippen molar-refractivity contribution in [1.82, 2.24) is 36.1 Å². The average Bonchev–Trinajstić information content (AvgIpc) is 3.33. The molecule has 0 saturated carbocycles. The molecule has 47 heavy (non-hydrogen) atoms. The van der Waals surface area contributed by atoms with E-state index in [1.807, 2.05) is 44.2 Å². The van der Waals surface area contributed by atoms with Crippen molar-refractivity contribution in [3.63, 3.8) is 0 Å².